The van der Waals surface area contributed by atoms with Crippen LogP contribution < -0.4 is 21.7 Å². The average Bonchev–Trinajstić information content (AvgIpc) is 2.84. The van der Waals surface area contributed by atoms with E-state index in [2.05, 4.69) is 20.9 Å². The second-order valence-corrected chi connectivity index (χ2v) is 9.55. The Kier molecular flexibility index (Phi) is 10.2. The van der Waals surface area contributed by atoms with Gasteiger partial charge in [-0.2, -0.15) is 0 Å². The molecule has 0 spiro atoms. The molecule has 0 radical (unpaired) electrons. The highest BCUT2D eigenvalue weighted by Gasteiger charge is 2.24. The number of hydrogen-bond acceptors (Lipinski definition) is 4. The van der Waals surface area contributed by atoms with Gasteiger partial charge in [-0.05, 0) is 68.1 Å². The summed E-state index contributed by atoms with van der Waals surface area (Å²) in [6.07, 6.45) is 2.01. The molecule has 0 bridgehead atoms. The zero-order valence-corrected chi connectivity index (χ0v) is 20.9. The summed E-state index contributed by atoms with van der Waals surface area (Å²) in [5.41, 5.74) is 6.97. The van der Waals surface area contributed by atoms with Gasteiger partial charge in [0.05, 0.1) is 10.0 Å². The number of anilines is 1. The van der Waals surface area contributed by atoms with Crippen LogP contribution in [0.5, 0.6) is 0 Å². The van der Waals surface area contributed by atoms with E-state index in [1.54, 1.807) is 24.3 Å². The Morgan fingerprint density at radius 1 is 1.03 bits per heavy atom. The van der Waals surface area contributed by atoms with Gasteiger partial charge in [-0.1, -0.05) is 47.5 Å². The molecule has 1 aliphatic rings. The van der Waals surface area contributed by atoms with Crippen LogP contribution in [0.4, 0.5) is 10.5 Å². The number of carbonyl (C=O) groups excluding carboxylic acids is 3. The first kappa shape index (κ1) is 26.8. The van der Waals surface area contributed by atoms with Gasteiger partial charge in [-0.25, -0.2) is 4.79 Å². The average molecular weight is 520 g/mol. The molecule has 10 heteroatoms. The van der Waals surface area contributed by atoms with Crippen LogP contribution in [-0.2, 0) is 16.1 Å². The van der Waals surface area contributed by atoms with Gasteiger partial charge in [0.25, 0.3) is 0 Å². The normalized spacial score (nSPS) is 15.3. The Morgan fingerprint density at radius 3 is 2.40 bits per heavy atom. The fourth-order valence-corrected chi connectivity index (χ4v) is 4.34. The topological polar surface area (TPSA) is 117 Å². The van der Waals surface area contributed by atoms with E-state index in [0.29, 0.717) is 28.2 Å². The third kappa shape index (κ3) is 9.05. The molecular formula is C25H31Cl2N5O3. The highest BCUT2D eigenvalue weighted by atomic mass is 35.5. The summed E-state index contributed by atoms with van der Waals surface area (Å²) < 4.78 is 0. The van der Waals surface area contributed by atoms with Gasteiger partial charge >= 0.3 is 6.03 Å². The van der Waals surface area contributed by atoms with Crippen LogP contribution in [0, 0.1) is 5.92 Å². The van der Waals surface area contributed by atoms with Crippen molar-refractivity contribution in [3.05, 3.63) is 64.1 Å². The Balaban J connectivity index is 1.45. The highest BCUT2D eigenvalue weighted by Crippen LogP contribution is 2.24. The molecule has 0 saturated carbocycles. The van der Waals surface area contributed by atoms with Crippen LogP contribution in [0.1, 0.15) is 31.2 Å². The predicted molar refractivity (Wildman–Crippen MR) is 138 cm³/mol. The molecule has 1 saturated heterocycles. The molecule has 5 N–H and O–H groups in total. The zero-order valence-electron chi connectivity index (χ0n) is 19.4. The van der Waals surface area contributed by atoms with E-state index in [0.717, 1.165) is 38.0 Å². The minimum atomic E-state index is -0.860. The molecule has 1 aliphatic heterocycles. The summed E-state index contributed by atoms with van der Waals surface area (Å²) in [4.78, 5) is 38.8. The Morgan fingerprint density at radius 2 is 1.74 bits per heavy atom. The van der Waals surface area contributed by atoms with Gasteiger partial charge in [-0.3, -0.25) is 14.5 Å². The lowest BCUT2D eigenvalue weighted by atomic mass is 9.96. The van der Waals surface area contributed by atoms with E-state index < -0.39 is 18.0 Å². The summed E-state index contributed by atoms with van der Waals surface area (Å²) in [6.45, 7) is 3.12. The lowest BCUT2D eigenvalue weighted by Crippen LogP contribution is -2.49. The van der Waals surface area contributed by atoms with Crippen molar-refractivity contribution in [2.75, 3.05) is 25.0 Å². The van der Waals surface area contributed by atoms with E-state index >= 15 is 0 Å². The summed E-state index contributed by atoms with van der Waals surface area (Å²) in [6, 6.07) is 13.2. The van der Waals surface area contributed by atoms with Crippen molar-refractivity contribution < 1.29 is 14.4 Å². The summed E-state index contributed by atoms with van der Waals surface area (Å²) >= 11 is 12.1. The largest absolute Gasteiger partial charge is 0.370 e. The van der Waals surface area contributed by atoms with Crippen molar-refractivity contribution in [1.29, 1.82) is 0 Å². The number of carbonyl (C=O) groups is 3. The Labute approximate surface area is 215 Å². The fraction of sp³-hybridized carbons (Fsp3) is 0.400. The molecule has 1 fully saturated rings. The van der Waals surface area contributed by atoms with E-state index in [4.69, 9.17) is 28.9 Å². The first-order valence-corrected chi connectivity index (χ1v) is 12.4. The van der Waals surface area contributed by atoms with E-state index in [-0.39, 0.29) is 18.7 Å². The first-order chi connectivity index (χ1) is 16.8. The summed E-state index contributed by atoms with van der Waals surface area (Å²) in [5, 5.41) is 9.38. The standard InChI is InChI=1S/C25H31Cl2N5O3/c26-20-7-6-18(14-21(20)27)16-32-12-10-17(11-13-32)15-29-24(34)22(8-9-23(28)33)31-25(35)30-19-4-2-1-3-5-19/h1-7,14,17,22H,8-13,15-16H2,(H2,28,33)(H,29,34)(H2,30,31,35)/t22-/m0/s1. The van der Waals surface area contributed by atoms with Gasteiger partial charge in [0.1, 0.15) is 6.04 Å². The van der Waals surface area contributed by atoms with Gasteiger partial charge in [0.2, 0.25) is 11.8 Å². The monoisotopic (exact) mass is 519 g/mol. The van der Waals surface area contributed by atoms with Crippen LogP contribution in [0.3, 0.4) is 0 Å². The number of rotatable bonds is 10. The maximum absolute atomic E-state index is 12.8. The van der Waals surface area contributed by atoms with Crippen LogP contribution in [-0.4, -0.2) is 48.4 Å². The van der Waals surface area contributed by atoms with Crippen molar-refractivity contribution in [1.82, 2.24) is 15.5 Å². The molecule has 0 unspecified atom stereocenters. The first-order valence-electron chi connectivity index (χ1n) is 11.6. The van der Waals surface area contributed by atoms with Gasteiger partial charge in [0, 0.05) is 25.2 Å². The molecule has 0 aromatic heterocycles. The van der Waals surface area contributed by atoms with Crippen LogP contribution in [0.25, 0.3) is 0 Å². The molecule has 1 atom stereocenters. The molecule has 3 rings (SSSR count). The zero-order chi connectivity index (χ0) is 25.2. The fourth-order valence-electron chi connectivity index (χ4n) is 4.02. The Bertz CT molecular complexity index is 1010. The Hall–Kier alpha value is -2.81. The molecule has 1 heterocycles. The van der Waals surface area contributed by atoms with Gasteiger partial charge in [-0.15, -0.1) is 0 Å². The number of primary amides is 1. The van der Waals surface area contributed by atoms with Crippen molar-refractivity contribution in [3.63, 3.8) is 0 Å². The van der Waals surface area contributed by atoms with Crippen molar-refractivity contribution in [3.8, 4) is 0 Å². The number of urea groups is 1. The number of amides is 4. The molecule has 188 valence electrons. The third-order valence-corrected chi connectivity index (χ3v) is 6.73. The number of benzene rings is 2. The second kappa shape index (κ2) is 13.3. The maximum Gasteiger partial charge on any atom is 0.319 e. The van der Waals surface area contributed by atoms with Crippen LogP contribution in [0.2, 0.25) is 10.0 Å². The highest BCUT2D eigenvalue weighted by molar-refractivity contribution is 6.42. The summed E-state index contributed by atoms with van der Waals surface area (Å²) in [5.74, 6) is -0.519. The van der Waals surface area contributed by atoms with Crippen LogP contribution in [0.15, 0.2) is 48.5 Å². The van der Waals surface area contributed by atoms with Crippen molar-refractivity contribution in [2.24, 2.45) is 11.7 Å². The van der Waals surface area contributed by atoms with Gasteiger partial charge in [0.15, 0.2) is 0 Å². The van der Waals surface area contributed by atoms with E-state index in [9.17, 15) is 14.4 Å². The lowest BCUT2D eigenvalue weighted by molar-refractivity contribution is -0.123. The summed E-state index contributed by atoms with van der Waals surface area (Å²) in [7, 11) is 0. The number of nitrogens with zero attached hydrogens (tertiary/aromatic N) is 1. The molecule has 4 amide bonds. The van der Waals surface area contributed by atoms with Crippen LogP contribution >= 0.6 is 23.2 Å². The van der Waals surface area contributed by atoms with E-state index in [1.807, 2.05) is 24.3 Å². The van der Waals surface area contributed by atoms with Crippen molar-refractivity contribution >= 4 is 46.7 Å². The second-order valence-electron chi connectivity index (χ2n) is 8.74. The minimum absolute atomic E-state index is 0.00317. The molecular weight excluding hydrogens is 489 g/mol. The minimum Gasteiger partial charge on any atom is -0.370 e. The number of nitrogens with two attached hydrogens (primary N) is 1. The van der Waals surface area contributed by atoms with E-state index in [1.165, 1.54) is 0 Å². The third-order valence-electron chi connectivity index (χ3n) is 6.00. The number of para-hydroxylation sites is 1. The van der Waals surface area contributed by atoms with Gasteiger partial charge < -0.3 is 21.7 Å². The number of hydrogen-bond donors (Lipinski definition) is 4. The smallest absolute Gasteiger partial charge is 0.319 e. The quantitative estimate of drug-likeness (QED) is 0.382. The number of piperidine rings is 1. The number of nitrogens with one attached hydrogen (secondary N) is 3. The molecule has 35 heavy (non-hydrogen) atoms. The SMILES string of the molecule is NC(=O)CC[C@H](NC(=O)Nc1ccccc1)C(=O)NCC1CCN(Cc2ccc(Cl)c(Cl)c2)CC1. The molecule has 2 aromatic rings. The molecule has 2 aromatic carbocycles. The maximum atomic E-state index is 12.8. The predicted octanol–water partition coefficient (Wildman–Crippen LogP) is 3.78. The number of likely N-dealkylation sites (tertiary alicyclic amines) is 1. The lowest BCUT2D eigenvalue weighted by Gasteiger charge is -2.32. The van der Waals surface area contributed by atoms with Crippen molar-refractivity contribution in [2.45, 2.75) is 38.3 Å². The molecule has 8 nitrogen and oxygen atoms in total. The number of halogens is 2. The molecule has 0 aliphatic carbocycles.